The smallest absolute Gasteiger partial charge is 0.243 e. The Bertz CT molecular complexity index is 732. The van der Waals surface area contributed by atoms with Crippen molar-refractivity contribution in [1.29, 1.82) is 0 Å². The van der Waals surface area contributed by atoms with Crippen LogP contribution in [0.4, 0.5) is 5.69 Å². The zero-order valence-corrected chi connectivity index (χ0v) is 17.0. The molecule has 2 aliphatic rings. The van der Waals surface area contributed by atoms with E-state index in [1.54, 1.807) is 24.3 Å². The molecular formula is C20H30N2O4S. The largest absolute Gasteiger partial charge is 0.373 e. The number of carbonyl (C=O) groups excluding carboxylic acids is 1. The van der Waals surface area contributed by atoms with Crippen molar-refractivity contribution >= 4 is 21.6 Å². The van der Waals surface area contributed by atoms with Crippen LogP contribution in [0.5, 0.6) is 0 Å². The quantitative estimate of drug-likeness (QED) is 0.802. The van der Waals surface area contributed by atoms with Gasteiger partial charge in [-0.05, 0) is 50.5 Å². The third-order valence-corrected chi connectivity index (χ3v) is 7.26. The average Bonchev–Trinajstić information content (AvgIpc) is 3.13. The zero-order valence-electron chi connectivity index (χ0n) is 16.2. The van der Waals surface area contributed by atoms with E-state index in [0.29, 0.717) is 31.1 Å². The average molecular weight is 395 g/mol. The van der Waals surface area contributed by atoms with Crippen molar-refractivity contribution in [2.24, 2.45) is 5.92 Å². The lowest BCUT2D eigenvalue weighted by Gasteiger charge is -2.34. The number of morpholine rings is 1. The monoisotopic (exact) mass is 394 g/mol. The molecule has 1 heterocycles. The van der Waals surface area contributed by atoms with E-state index >= 15 is 0 Å². The highest BCUT2D eigenvalue weighted by Crippen LogP contribution is 2.28. The molecule has 150 valence electrons. The number of sulfonamides is 1. The first-order valence-corrected chi connectivity index (χ1v) is 11.3. The summed E-state index contributed by atoms with van der Waals surface area (Å²) in [4.78, 5) is 12.4. The van der Waals surface area contributed by atoms with Gasteiger partial charge in [-0.3, -0.25) is 4.79 Å². The SMILES string of the molecule is C[C@@H]1CN(S(=O)(=O)c2ccc(NC(=O)CCC3CCCC3)cc2)C[C@@H](C)O1. The number of ether oxygens (including phenoxy) is 1. The minimum Gasteiger partial charge on any atom is -0.373 e. The van der Waals surface area contributed by atoms with Crippen molar-refractivity contribution < 1.29 is 17.9 Å². The molecule has 1 aliphatic heterocycles. The van der Waals surface area contributed by atoms with Crippen LogP contribution in [-0.4, -0.2) is 43.9 Å². The van der Waals surface area contributed by atoms with Crippen molar-refractivity contribution in [3.8, 4) is 0 Å². The van der Waals surface area contributed by atoms with E-state index in [1.165, 1.54) is 30.0 Å². The second-order valence-electron chi connectivity index (χ2n) is 7.84. The summed E-state index contributed by atoms with van der Waals surface area (Å²) in [7, 11) is -3.55. The lowest BCUT2D eigenvalue weighted by molar-refractivity contribution is -0.116. The number of anilines is 1. The fraction of sp³-hybridized carbons (Fsp3) is 0.650. The first-order chi connectivity index (χ1) is 12.8. The van der Waals surface area contributed by atoms with Gasteiger partial charge in [0.1, 0.15) is 0 Å². The Balaban J connectivity index is 1.58. The summed E-state index contributed by atoms with van der Waals surface area (Å²) in [5.41, 5.74) is 0.633. The summed E-state index contributed by atoms with van der Waals surface area (Å²) >= 11 is 0. The summed E-state index contributed by atoms with van der Waals surface area (Å²) in [5, 5.41) is 2.87. The number of nitrogens with one attached hydrogen (secondary N) is 1. The number of hydrogen-bond acceptors (Lipinski definition) is 4. The van der Waals surface area contributed by atoms with Gasteiger partial charge in [-0.2, -0.15) is 4.31 Å². The van der Waals surface area contributed by atoms with Crippen LogP contribution in [0.2, 0.25) is 0 Å². The van der Waals surface area contributed by atoms with Crippen LogP contribution in [0.15, 0.2) is 29.2 Å². The Morgan fingerprint density at radius 2 is 1.70 bits per heavy atom. The van der Waals surface area contributed by atoms with Crippen molar-refractivity contribution in [3.63, 3.8) is 0 Å². The van der Waals surface area contributed by atoms with Gasteiger partial charge in [0.25, 0.3) is 0 Å². The summed E-state index contributed by atoms with van der Waals surface area (Å²) in [6, 6.07) is 6.45. The molecule has 0 spiro atoms. The highest BCUT2D eigenvalue weighted by Gasteiger charge is 2.32. The lowest BCUT2D eigenvalue weighted by atomic mass is 10.0. The Kier molecular flexibility index (Phi) is 6.55. The van der Waals surface area contributed by atoms with Gasteiger partial charge in [0.2, 0.25) is 15.9 Å². The van der Waals surface area contributed by atoms with Crippen LogP contribution in [0.25, 0.3) is 0 Å². The van der Waals surface area contributed by atoms with Crippen LogP contribution in [-0.2, 0) is 19.6 Å². The topological polar surface area (TPSA) is 75.7 Å². The Hall–Kier alpha value is -1.44. The first kappa shape index (κ1) is 20.3. The van der Waals surface area contributed by atoms with Gasteiger partial charge >= 0.3 is 0 Å². The predicted molar refractivity (Wildman–Crippen MR) is 105 cm³/mol. The van der Waals surface area contributed by atoms with E-state index in [1.807, 2.05) is 13.8 Å². The summed E-state index contributed by atoms with van der Waals surface area (Å²) in [5.74, 6) is 0.676. The number of rotatable bonds is 6. The molecule has 0 unspecified atom stereocenters. The van der Waals surface area contributed by atoms with Crippen LogP contribution >= 0.6 is 0 Å². The maximum absolute atomic E-state index is 12.8. The number of carbonyl (C=O) groups is 1. The molecular weight excluding hydrogens is 364 g/mol. The van der Waals surface area contributed by atoms with Crippen LogP contribution in [0.1, 0.15) is 52.4 Å². The molecule has 1 saturated heterocycles. The number of amides is 1. The molecule has 1 N–H and O–H groups in total. The molecule has 0 radical (unpaired) electrons. The summed E-state index contributed by atoms with van der Waals surface area (Å²) in [6.45, 7) is 4.46. The maximum atomic E-state index is 12.8. The van der Waals surface area contributed by atoms with Gasteiger partial charge in [-0.15, -0.1) is 0 Å². The highest BCUT2D eigenvalue weighted by atomic mass is 32.2. The third kappa shape index (κ3) is 5.30. The summed E-state index contributed by atoms with van der Waals surface area (Å²) < 4.78 is 32.8. The van der Waals surface area contributed by atoms with Gasteiger partial charge < -0.3 is 10.1 Å². The molecule has 27 heavy (non-hydrogen) atoms. The third-order valence-electron chi connectivity index (χ3n) is 5.42. The van der Waals surface area contributed by atoms with Crippen molar-refractivity contribution in [2.45, 2.75) is 69.5 Å². The predicted octanol–water partition coefficient (Wildman–Crippen LogP) is 3.39. The molecule has 1 amide bonds. The Labute approximate surface area is 162 Å². The Morgan fingerprint density at radius 1 is 1.11 bits per heavy atom. The van der Waals surface area contributed by atoms with Crippen molar-refractivity contribution in [2.75, 3.05) is 18.4 Å². The van der Waals surface area contributed by atoms with E-state index in [0.717, 1.165) is 6.42 Å². The van der Waals surface area contributed by atoms with Gasteiger partial charge in [0.05, 0.1) is 17.1 Å². The molecule has 6 nitrogen and oxygen atoms in total. The van der Waals surface area contributed by atoms with E-state index in [4.69, 9.17) is 4.74 Å². The molecule has 2 atom stereocenters. The van der Waals surface area contributed by atoms with Gasteiger partial charge in [0.15, 0.2) is 0 Å². The molecule has 7 heteroatoms. The van der Waals surface area contributed by atoms with Crippen LogP contribution < -0.4 is 5.32 Å². The molecule has 2 fully saturated rings. The minimum atomic E-state index is -3.55. The van der Waals surface area contributed by atoms with E-state index in [9.17, 15) is 13.2 Å². The van der Waals surface area contributed by atoms with Gasteiger partial charge in [0, 0.05) is 25.2 Å². The molecule has 0 aromatic heterocycles. The van der Waals surface area contributed by atoms with Gasteiger partial charge in [-0.1, -0.05) is 25.7 Å². The van der Waals surface area contributed by atoms with Gasteiger partial charge in [-0.25, -0.2) is 8.42 Å². The minimum absolute atomic E-state index is 0.00617. The first-order valence-electron chi connectivity index (χ1n) is 9.90. The van der Waals surface area contributed by atoms with Crippen molar-refractivity contribution in [3.05, 3.63) is 24.3 Å². The number of nitrogens with zero attached hydrogens (tertiary/aromatic N) is 1. The van der Waals surface area contributed by atoms with Crippen molar-refractivity contribution in [1.82, 2.24) is 4.31 Å². The number of benzene rings is 1. The fourth-order valence-corrected chi connectivity index (χ4v) is 5.63. The molecule has 1 aromatic carbocycles. The molecule has 1 aliphatic carbocycles. The summed E-state index contributed by atoms with van der Waals surface area (Å²) in [6.07, 6.45) is 6.24. The van der Waals surface area contributed by atoms with E-state index in [2.05, 4.69) is 5.32 Å². The lowest BCUT2D eigenvalue weighted by Crippen LogP contribution is -2.48. The van der Waals surface area contributed by atoms with E-state index < -0.39 is 10.0 Å². The molecule has 1 saturated carbocycles. The Morgan fingerprint density at radius 3 is 2.30 bits per heavy atom. The second kappa shape index (κ2) is 8.71. The number of hydrogen-bond donors (Lipinski definition) is 1. The zero-order chi connectivity index (χ0) is 19.4. The molecule has 0 bridgehead atoms. The molecule has 3 rings (SSSR count). The second-order valence-corrected chi connectivity index (χ2v) is 9.78. The van der Waals surface area contributed by atoms with E-state index in [-0.39, 0.29) is 23.0 Å². The maximum Gasteiger partial charge on any atom is 0.243 e. The highest BCUT2D eigenvalue weighted by molar-refractivity contribution is 7.89. The molecule has 1 aromatic rings. The fourth-order valence-electron chi connectivity index (χ4n) is 4.04. The van der Waals surface area contributed by atoms with Crippen LogP contribution in [0.3, 0.4) is 0 Å². The van der Waals surface area contributed by atoms with Crippen LogP contribution in [0, 0.1) is 5.92 Å². The standard InChI is InChI=1S/C20H30N2O4S/c1-15-13-22(14-16(2)26-15)27(24,25)19-10-8-18(9-11-19)21-20(23)12-7-17-5-3-4-6-17/h8-11,15-17H,3-7,12-14H2,1-2H3,(H,21,23)/t15-,16-/m1/s1. The normalized spacial score (nSPS) is 24.8.